The lowest BCUT2D eigenvalue weighted by Crippen LogP contribution is -2.44. The van der Waals surface area contributed by atoms with Gasteiger partial charge in [0.2, 0.25) is 0 Å². The van der Waals surface area contributed by atoms with Crippen LogP contribution < -0.4 is 11.4 Å². The number of hydrogen-bond donors (Lipinski definition) is 1. The van der Waals surface area contributed by atoms with Gasteiger partial charge in [0.05, 0.1) is 68.0 Å². The van der Waals surface area contributed by atoms with E-state index in [4.69, 9.17) is 19.5 Å². The zero-order chi connectivity index (χ0) is 45.8. The van der Waals surface area contributed by atoms with Gasteiger partial charge in [-0.2, -0.15) is 15.3 Å². The van der Waals surface area contributed by atoms with Gasteiger partial charge < -0.3 is 9.64 Å². The SMILES string of the molecule is Cc1cc(-n2nc3c(c2-n2ccn(-c4ccc5c(cnn5C)c4F)c2=O)[C@H](C)N(C(=O)c2cn4nc([C@H]5CCOC(C)(C)C5)ccc4c2C2(c4noc(=O)[nH]4)CC2)CC32CC2)cc(C)c1F. The lowest BCUT2D eigenvalue weighted by molar-refractivity contribution is -0.0598. The highest BCUT2D eigenvalue weighted by Gasteiger charge is 2.57. The number of rotatable bonds is 7. The number of ether oxygens (including phenoxy) is 1. The third kappa shape index (κ3) is 5.85. The van der Waals surface area contributed by atoms with Crippen LogP contribution in [0.5, 0.6) is 0 Å². The van der Waals surface area contributed by atoms with Crippen molar-refractivity contribution in [1.82, 2.24) is 53.3 Å². The van der Waals surface area contributed by atoms with Crippen LogP contribution >= 0.6 is 0 Å². The molecule has 0 radical (unpaired) electrons. The van der Waals surface area contributed by atoms with Crippen LogP contribution in [0.2, 0.25) is 0 Å². The number of halogens is 2. The molecule has 3 fully saturated rings. The maximum atomic E-state index is 16.2. The smallest absolute Gasteiger partial charge is 0.376 e. The van der Waals surface area contributed by atoms with E-state index in [1.807, 2.05) is 24.0 Å². The summed E-state index contributed by atoms with van der Waals surface area (Å²) in [5.41, 5.74) is 3.91. The van der Waals surface area contributed by atoms with Crippen LogP contribution in [0.25, 0.3) is 33.6 Å². The number of fused-ring (bicyclic) bond motifs is 4. The van der Waals surface area contributed by atoms with Crippen molar-refractivity contribution in [3.05, 3.63) is 139 Å². The highest BCUT2D eigenvalue weighted by molar-refractivity contribution is 5.99. The van der Waals surface area contributed by atoms with Crippen LogP contribution in [-0.2, 0) is 22.6 Å². The Morgan fingerprint density at radius 3 is 2.38 bits per heavy atom. The zero-order valence-electron chi connectivity index (χ0n) is 37.4. The minimum atomic E-state index is -0.796. The van der Waals surface area contributed by atoms with E-state index in [1.54, 1.807) is 71.4 Å². The summed E-state index contributed by atoms with van der Waals surface area (Å²) >= 11 is 0. The fourth-order valence-electron chi connectivity index (χ4n) is 11.0. The third-order valence-electron chi connectivity index (χ3n) is 14.8. The summed E-state index contributed by atoms with van der Waals surface area (Å²) in [5, 5.41) is 19.0. The average Bonchev–Trinajstić information content (AvgIpc) is 3.88. The summed E-state index contributed by atoms with van der Waals surface area (Å²) in [6, 6.07) is 10.1. The van der Waals surface area contributed by atoms with E-state index >= 15 is 13.6 Å². The zero-order valence-corrected chi connectivity index (χ0v) is 37.4. The topological polar surface area (TPSA) is 168 Å². The Morgan fingerprint density at radius 2 is 1.68 bits per heavy atom. The van der Waals surface area contributed by atoms with Crippen LogP contribution in [0.4, 0.5) is 8.78 Å². The molecule has 1 N–H and O–H groups in total. The number of imidazole rings is 1. The van der Waals surface area contributed by atoms with Crippen LogP contribution in [0.1, 0.15) is 121 Å². The maximum Gasteiger partial charge on any atom is 0.438 e. The van der Waals surface area contributed by atoms with Gasteiger partial charge in [0.1, 0.15) is 11.6 Å². The Balaban J connectivity index is 1.03. The van der Waals surface area contributed by atoms with Gasteiger partial charge in [0.15, 0.2) is 11.6 Å². The second kappa shape index (κ2) is 13.8. The predicted molar refractivity (Wildman–Crippen MR) is 237 cm³/mol. The van der Waals surface area contributed by atoms with Gasteiger partial charge in [-0.1, -0.05) is 5.16 Å². The van der Waals surface area contributed by atoms with Crippen molar-refractivity contribution in [3.63, 3.8) is 0 Å². The van der Waals surface area contributed by atoms with Crippen molar-refractivity contribution in [2.75, 3.05) is 13.2 Å². The molecule has 8 aromatic rings. The summed E-state index contributed by atoms with van der Waals surface area (Å²) in [7, 11) is 1.72. The fraction of sp³-hybridized carbons (Fsp3) is 0.396. The number of hydrogen-bond acceptors (Lipinski definition) is 9. The average molecular weight is 896 g/mol. The van der Waals surface area contributed by atoms with Gasteiger partial charge in [-0.25, -0.2) is 27.6 Å². The number of aromatic nitrogens is 10. The van der Waals surface area contributed by atoms with E-state index in [0.717, 1.165) is 42.6 Å². The largest absolute Gasteiger partial charge is 0.438 e. The molecule has 18 heteroatoms. The molecular formula is C48H47F2N11O5. The molecule has 2 aliphatic heterocycles. The molecule has 12 rings (SSSR count). The molecule has 2 atom stereocenters. The standard InChI is InChI=1S/C48H47F2N11O5/c1-25-19-29(20-26(2)38(25)49)61-41(58-17-16-57(45(58)64)35-10-9-33-30(39(35)50)22-51-56(33)6)36-27(3)59(24-47(12-13-47)40(36)54-61)42(62)31-23-60-34(37(31)48(14-15-48)43-52-44(63)66-55-43)8-7-32(53-60)28-11-18-65-46(4,5)21-28/h7-10,16-17,19-20,22-23,27-28H,11-15,18,21,24H2,1-6H3,(H,52,55,63)/t27-,28-/m0/s1. The first-order chi connectivity index (χ1) is 31.6. The van der Waals surface area contributed by atoms with Gasteiger partial charge in [-0.05, 0) is 121 Å². The minimum Gasteiger partial charge on any atom is -0.376 e. The molecule has 0 bridgehead atoms. The van der Waals surface area contributed by atoms with E-state index in [-0.39, 0.29) is 34.3 Å². The van der Waals surface area contributed by atoms with Crippen molar-refractivity contribution in [3.8, 4) is 17.2 Å². The summed E-state index contributed by atoms with van der Waals surface area (Å²) in [4.78, 5) is 47.6. The van der Waals surface area contributed by atoms with Crippen LogP contribution in [0.15, 0.2) is 75.3 Å². The van der Waals surface area contributed by atoms with Crippen molar-refractivity contribution < 1.29 is 22.8 Å². The number of nitrogens with zero attached hydrogens (tertiary/aromatic N) is 10. The molecule has 2 aromatic carbocycles. The summed E-state index contributed by atoms with van der Waals surface area (Å²) in [5.74, 6) is -1.00. The van der Waals surface area contributed by atoms with E-state index < -0.39 is 34.1 Å². The number of carbonyl (C=O) groups is 1. The fourth-order valence-corrected chi connectivity index (χ4v) is 11.0. The van der Waals surface area contributed by atoms with Gasteiger partial charge in [-0.15, -0.1) is 0 Å². The lowest BCUT2D eigenvalue weighted by atomic mass is 9.86. The van der Waals surface area contributed by atoms with E-state index in [0.29, 0.717) is 76.7 Å². The normalized spacial score (nSPS) is 20.4. The first-order valence-electron chi connectivity index (χ1n) is 22.4. The van der Waals surface area contributed by atoms with Crippen molar-refractivity contribution >= 4 is 22.3 Å². The third-order valence-corrected chi connectivity index (χ3v) is 14.8. The molecule has 1 amide bonds. The van der Waals surface area contributed by atoms with Gasteiger partial charge in [0, 0.05) is 61.2 Å². The second-order valence-corrected chi connectivity index (χ2v) is 19.5. The number of aromatic amines is 1. The number of H-pyrrole nitrogens is 1. The van der Waals surface area contributed by atoms with Crippen LogP contribution in [0.3, 0.4) is 0 Å². The molecule has 338 valence electrons. The lowest BCUT2D eigenvalue weighted by Gasteiger charge is -2.38. The minimum absolute atomic E-state index is 0.0456. The summed E-state index contributed by atoms with van der Waals surface area (Å²) < 4.78 is 50.2. The van der Waals surface area contributed by atoms with E-state index in [2.05, 4.69) is 29.1 Å². The van der Waals surface area contributed by atoms with Gasteiger partial charge in [0.25, 0.3) is 5.91 Å². The Hall–Kier alpha value is -6.95. The van der Waals surface area contributed by atoms with Crippen molar-refractivity contribution in [1.29, 1.82) is 0 Å². The van der Waals surface area contributed by atoms with Crippen molar-refractivity contribution in [2.24, 2.45) is 7.05 Å². The molecule has 66 heavy (non-hydrogen) atoms. The second-order valence-electron chi connectivity index (χ2n) is 19.5. The number of amides is 1. The molecule has 16 nitrogen and oxygen atoms in total. The highest BCUT2D eigenvalue weighted by Crippen LogP contribution is 2.58. The molecule has 1 spiro atoms. The Labute approximate surface area is 375 Å². The first-order valence-corrected chi connectivity index (χ1v) is 22.4. The molecule has 6 aromatic heterocycles. The molecule has 1 saturated heterocycles. The van der Waals surface area contributed by atoms with E-state index in [9.17, 15) is 9.59 Å². The molecule has 8 heterocycles. The van der Waals surface area contributed by atoms with Crippen LogP contribution in [-0.4, -0.2) is 78.0 Å². The van der Waals surface area contributed by atoms with Gasteiger partial charge in [-0.3, -0.25) is 28.1 Å². The summed E-state index contributed by atoms with van der Waals surface area (Å²) in [6.45, 7) is 10.4. The Kier molecular flexibility index (Phi) is 8.47. The van der Waals surface area contributed by atoms with Gasteiger partial charge >= 0.3 is 11.4 Å². The Morgan fingerprint density at radius 1 is 0.939 bits per heavy atom. The quantitative estimate of drug-likeness (QED) is 0.179. The first kappa shape index (κ1) is 40.6. The Bertz CT molecular complexity index is 3460. The number of aryl methyl sites for hydroxylation is 3. The number of nitrogens with one attached hydrogen (secondary N) is 1. The molecule has 2 saturated carbocycles. The molecule has 0 unspecified atom stereocenters. The van der Waals surface area contributed by atoms with Crippen molar-refractivity contribution in [2.45, 2.75) is 102 Å². The number of carbonyl (C=O) groups excluding carboxylic acids is 1. The monoisotopic (exact) mass is 895 g/mol. The maximum absolute atomic E-state index is 16.2. The number of benzene rings is 2. The molecular weight excluding hydrogens is 849 g/mol. The highest BCUT2D eigenvalue weighted by atomic mass is 19.1. The molecule has 4 aliphatic rings. The molecule has 2 aliphatic carbocycles. The van der Waals surface area contributed by atoms with Crippen LogP contribution in [0, 0.1) is 25.5 Å². The predicted octanol–water partition coefficient (Wildman–Crippen LogP) is 6.92. The summed E-state index contributed by atoms with van der Waals surface area (Å²) in [6.07, 6.45) is 10.7. The van der Waals surface area contributed by atoms with E-state index in [1.165, 1.54) is 21.5 Å².